The number of carbonyl (C=O) groups is 2. The number of methoxy groups -OCH3 is 1. The van der Waals surface area contributed by atoms with E-state index < -0.39 is 0 Å². The summed E-state index contributed by atoms with van der Waals surface area (Å²) >= 11 is 6.96. The number of rotatable bonds is 7. The van der Waals surface area contributed by atoms with Crippen LogP contribution in [0.4, 0.5) is 22.7 Å². The fraction of sp³-hybridized carbons (Fsp3) is 0.381. The molecule has 9 heteroatoms. The summed E-state index contributed by atoms with van der Waals surface area (Å²) in [6, 6.07) is 15.6. The van der Waals surface area contributed by atoms with E-state index in [4.69, 9.17) is 4.74 Å². The number of halogens is 2. The molecule has 0 unspecified atom stereocenters. The highest BCUT2D eigenvalue weighted by atomic mass is 79.9. The van der Waals surface area contributed by atoms with Crippen LogP contribution < -0.4 is 25.2 Å². The van der Waals surface area contributed by atoms with Crippen molar-refractivity contribution in [2.24, 2.45) is 0 Å². The predicted octanol–water partition coefficient (Wildman–Crippen LogP) is 10.8. The van der Waals surface area contributed by atoms with Crippen LogP contribution >= 0.6 is 31.9 Å². The Morgan fingerprint density at radius 1 is 0.588 bits per heavy atom. The molecule has 2 heterocycles. The molecule has 270 valence electrons. The molecule has 4 aromatic rings. The Morgan fingerprint density at radius 2 is 1.00 bits per heavy atom. The zero-order valence-electron chi connectivity index (χ0n) is 31.2. The summed E-state index contributed by atoms with van der Waals surface area (Å²) in [6.45, 7) is 19.0. The molecule has 0 atom stereocenters. The Kier molecular flexibility index (Phi) is 12.6. The summed E-state index contributed by atoms with van der Waals surface area (Å²) in [5.41, 5.74) is 13.7. The molecule has 0 aliphatic carbocycles. The molecular weight excluding hydrogens is 768 g/mol. The van der Waals surface area contributed by atoms with Crippen molar-refractivity contribution in [3.8, 4) is 5.75 Å². The first-order chi connectivity index (χ1) is 24.3. The lowest BCUT2D eigenvalue weighted by Gasteiger charge is -2.26. The number of carbonyl (C=O) groups excluding carboxylic acids is 2. The van der Waals surface area contributed by atoms with Crippen molar-refractivity contribution in [1.29, 1.82) is 0 Å². The molecule has 2 fully saturated rings. The van der Waals surface area contributed by atoms with E-state index in [1.165, 1.54) is 48.2 Å². The first-order valence-corrected chi connectivity index (χ1v) is 19.3. The van der Waals surface area contributed by atoms with E-state index in [1.807, 2.05) is 44.2 Å². The second-order valence-electron chi connectivity index (χ2n) is 13.8. The number of aryl methyl sites for hydroxylation is 5. The van der Waals surface area contributed by atoms with Gasteiger partial charge in [-0.2, -0.15) is 0 Å². The van der Waals surface area contributed by atoms with E-state index in [0.29, 0.717) is 16.9 Å². The van der Waals surface area contributed by atoms with Crippen molar-refractivity contribution >= 4 is 66.4 Å². The highest BCUT2D eigenvalue weighted by molar-refractivity contribution is 9.10. The quantitative estimate of drug-likeness (QED) is 0.194. The number of hydrogen-bond donors (Lipinski definition) is 2. The molecule has 0 aromatic heterocycles. The first kappa shape index (κ1) is 38.4. The molecule has 4 aromatic carbocycles. The molecule has 2 N–H and O–H groups in total. The maximum Gasteiger partial charge on any atom is 0.256 e. The van der Waals surface area contributed by atoms with E-state index >= 15 is 0 Å². The van der Waals surface area contributed by atoms with Crippen molar-refractivity contribution in [2.75, 3.05) is 53.7 Å². The van der Waals surface area contributed by atoms with Gasteiger partial charge in [-0.3, -0.25) is 9.59 Å². The fourth-order valence-electron chi connectivity index (χ4n) is 7.57. The Morgan fingerprint density at radius 3 is 1.43 bits per heavy atom. The second kappa shape index (κ2) is 16.7. The van der Waals surface area contributed by atoms with Gasteiger partial charge in [-0.1, -0.05) is 23.8 Å². The third-order valence-electron chi connectivity index (χ3n) is 9.97. The van der Waals surface area contributed by atoms with E-state index in [-0.39, 0.29) is 11.8 Å². The number of amides is 2. The van der Waals surface area contributed by atoms with Crippen LogP contribution in [0.1, 0.15) is 85.3 Å². The minimum atomic E-state index is -0.141. The van der Waals surface area contributed by atoms with Crippen molar-refractivity contribution in [2.45, 2.75) is 74.1 Å². The van der Waals surface area contributed by atoms with E-state index in [0.717, 1.165) is 74.3 Å². The van der Waals surface area contributed by atoms with Crippen molar-refractivity contribution in [3.05, 3.63) is 108 Å². The van der Waals surface area contributed by atoms with Crippen molar-refractivity contribution < 1.29 is 14.3 Å². The lowest BCUT2D eigenvalue weighted by Crippen LogP contribution is -2.22. The molecule has 0 spiro atoms. The molecular formula is C42H50Br2N4O3. The number of hydrogen-bond acceptors (Lipinski definition) is 5. The molecule has 0 radical (unpaired) electrons. The van der Waals surface area contributed by atoms with Crippen molar-refractivity contribution in [1.82, 2.24) is 0 Å². The number of anilines is 4. The molecule has 7 nitrogen and oxygen atoms in total. The van der Waals surface area contributed by atoms with E-state index in [2.05, 4.69) is 99.0 Å². The lowest BCUT2D eigenvalue weighted by molar-refractivity contribution is 0.101. The molecule has 2 amide bonds. The van der Waals surface area contributed by atoms with Crippen LogP contribution in [0, 0.1) is 48.5 Å². The largest absolute Gasteiger partial charge is 0.497 e. The fourth-order valence-corrected chi connectivity index (χ4v) is 8.42. The van der Waals surface area contributed by atoms with E-state index in [1.54, 1.807) is 13.2 Å². The normalized spacial score (nSPS) is 13.9. The summed E-state index contributed by atoms with van der Waals surface area (Å²) in [5.74, 6) is 0.449. The van der Waals surface area contributed by atoms with Gasteiger partial charge in [0.15, 0.2) is 0 Å². The van der Waals surface area contributed by atoms with Gasteiger partial charge >= 0.3 is 0 Å². The Hall–Kier alpha value is -3.82. The number of nitrogens with zero attached hydrogens (tertiary/aromatic N) is 2. The summed E-state index contributed by atoms with van der Waals surface area (Å²) in [7, 11) is 1.60. The minimum Gasteiger partial charge on any atom is -0.497 e. The zero-order valence-corrected chi connectivity index (χ0v) is 34.3. The number of benzene rings is 4. The Bertz CT molecular complexity index is 1950. The lowest BCUT2D eigenvalue weighted by atomic mass is 10.0. The average Bonchev–Trinajstić information content (AvgIpc) is 3.82. The van der Waals surface area contributed by atoms with Gasteiger partial charge in [-0.15, -0.1) is 0 Å². The van der Waals surface area contributed by atoms with Gasteiger partial charge in [0.05, 0.1) is 18.2 Å². The molecule has 2 aliphatic heterocycles. The predicted molar refractivity (Wildman–Crippen MR) is 220 cm³/mol. The van der Waals surface area contributed by atoms with Gasteiger partial charge in [0.2, 0.25) is 0 Å². The summed E-state index contributed by atoms with van der Waals surface area (Å²) in [6.07, 6.45) is 4.94. The Labute approximate surface area is 320 Å². The molecule has 0 bridgehead atoms. The van der Waals surface area contributed by atoms with Gasteiger partial charge in [-0.25, -0.2) is 0 Å². The highest BCUT2D eigenvalue weighted by Crippen LogP contribution is 2.37. The van der Waals surface area contributed by atoms with Crippen molar-refractivity contribution in [3.63, 3.8) is 0 Å². The average molecular weight is 819 g/mol. The van der Waals surface area contributed by atoms with Crippen LogP contribution in [0.2, 0.25) is 0 Å². The van der Waals surface area contributed by atoms with Gasteiger partial charge in [0.1, 0.15) is 5.75 Å². The van der Waals surface area contributed by atoms with Crippen LogP contribution in [-0.4, -0.2) is 45.1 Å². The van der Waals surface area contributed by atoms with Gasteiger partial charge in [0.25, 0.3) is 11.8 Å². The summed E-state index contributed by atoms with van der Waals surface area (Å²) in [5, 5.41) is 6.29. The second-order valence-corrected chi connectivity index (χ2v) is 15.6. The molecule has 6 rings (SSSR count). The SMILES string of the molecule is COc1ccc(Br)c(C(=O)Nc2c(C)cc(C)c(N3CCCC3)c2C)c1.Cc1ccc(Br)c(C(=O)Nc2c(C)cc(C)c(N3CCCC3)c2C)c1. The van der Waals surface area contributed by atoms with Gasteiger partial charge < -0.3 is 25.2 Å². The third-order valence-corrected chi connectivity index (χ3v) is 11.4. The minimum absolute atomic E-state index is 0.0713. The van der Waals surface area contributed by atoms with Gasteiger partial charge in [-0.05, 0) is 170 Å². The standard InChI is InChI=1S/C21H25BrN2O2.C21H25BrN2O/c1-13-11-14(2)20(24-9-5-6-10-24)15(3)19(13)23-21(25)17-12-16(26-4)7-8-18(17)22;1-13-7-8-18(22)17(11-13)21(25)23-19-14(2)12-15(3)20(16(19)4)24-9-5-6-10-24/h7-8,11-12H,5-6,9-10H2,1-4H3,(H,23,25);7-8,11-12H,5-6,9-10H2,1-4H3,(H,23,25). The zero-order chi connectivity index (χ0) is 37.0. The maximum absolute atomic E-state index is 12.9. The molecule has 0 saturated carbocycles. The first-order valence-electron chi connectivity index (χ1n) is 17.7. The topological polar surface area (TPSA) is 73.9 Å². The summed E-state index contributed by atoms with van der Waals surface area (Å²) < 4.78 is 6.82. The Balaban J connectivity index is 0.000000198. The van der Waals surface area contributed by atoms with Crippen LogP contribution in [0.5, 0.6) is 5.75 Å². The number of nitrogens with one attached hydrogen (secondary N) is 2. The molecule has 2 saturated heterocycles. The molecule has 2 aliphatic rings. The number of ether oxygens (including phenoxy) is 1. The van der Waals surface area contributed by atoms with Gasteiger partial charge in [0, 0.05) is 57.9 Å². The van der Waals surface area contributed by atoms with Crippen LogP contribution in [0.3, 0.4) is 0 Å². The van der Waals surface area contributed by atoms with E-state index in [9.17, 15) is 9.59 Å². The maximum atomic E-state index is 12.9. The summed E-state index contributed by atoms with van der Waals surface area (Å²) in [4.78, 5) is 30.6. The molecule has 51 heavy (non-hydrogen) atoms. The van der Waals surface area contributed by atoms with Crippen LogP contribution in [-0.2, 0) is 0 Å². The third kappa shape index (κ3) is 8.63. The van der Waals surface area contributed by atoms with Crippen LogP contribution in [0.15, 0.2) is 57.5 Å². The highest BCUT2D eigenvalue weighted by Gasteiger charge is 2.23. The smallest absolute Gasteiger partial charge is 0.256 e. The van der Waals surface area contributed by atoms with Crippen LogP contribution in [0.25, 0.3) is 0 Å². The monoisotopic (exact) mass is 816 g/mol.